The number of rotatable bonds is 0. The van der Waals surface area contributed by atoms with E-state index in [0.29, 0.717) is 0 Å². The molecule has 0 unspecified atom stereocenters. The van der Waals surface area contributed by atoms with E-state index in [4.69, 9.17) is 5.11 Å². The van der Waals surface area contributed by atoms with Crippen LogP contribution in [-0.2, 0) is 0 Å². The Kier molecular flexibility index (Phi) is 3.96. The summed E-state index contributed by atoms with van der Waals surface area (Å²) < 4.78 is 4.21. The number of nitrogens with zero attached hydrogens (tertiary/aromatic N) is 1. The summed E-state index contributed by atoms with van der Waals surface area (Å²) in [5.74, 6) is -0.0741. The topological polar surface area (TPSA) is 46.3 Å². The molecule has 1 heterocycles. The molecule has 7 heavy (non-hydrogen) atoms. The van der Waals surface area contributed by atoms with Crippen molar-refractivity contribution in [2.75, 3.05) is 0 Å². The van der Waals surface area contributed by atoms with Gasteiger partial charge in [0.05, 0.1) is 0 Å². The van der Waals surface area contributed by atoms with Crippen LogP contribution < -0.4 is 0 Å². The zero-order valence-electron chi connectivity index (χ0n) is 3.96. The van der Waals surface area contributed by atoms with E-state index in [-0.39, 0.29) is 57.3 Å². The maximum atomic E-state index is 8.27. The van der Waals surface area contributed by atoms with Crippen LogP contribution in [0, 0.1) is 0 Å². The summed E-state index contributed by atoms with van der Waals surface area (Å²) in [6.45, 7) is 0. The minimum absolute atomic E-state index is 0. The van der Waals surface area contributed by atoms with Gasteiger partial charge in [0.2, 0.25) is 0 Å². The van der Waals surface area contributed by atoms with Crippen LogP contribution in [0.3, 0.4) is 0 Å². The molecule has 0 aromatic carbocycles. The van der Waals surface area contributed by atoms with Crippen LogP contribution in [0.25, 0.3) is 0 Å². The van der Waals surface area contributed by atoms with Crippen molar-refractivity contribution >= 4 is 51.4 Å². The molecule has 0 atom stereocenters. The van der Waals surface area contributed by atoms with E-state index < -0.39 is 0 Å². The molecule has 0 spiro atoms. The molecule has 0 amide bonds. The van der Waals surface area contributed by atoms with Crippen molar-refractivity contribution in [2.24, 2.45) is 0 Å². The van der Waals surface area contributed by atoms with Gasteiger partial charge in [-0.05, 0) is 5.16 Å². The maximum absolute atomic E-state index is 8.27. The zero-order chi connectivity index (χ0) is 4.41. The van der Waals surface area contributed by atoms with Crippen molar-refractivity contribution in [1.82, 2.24) is 5.16 Å². The second-order valence-electron chi connectivity index (χ2n) is 0.858. The second-order valence-corrected chi connectivity index (χ2v) is 0.858. The van der Waals surface area contributed by atoms with E-state index in [1.807, 2.05) is 0 Å². The third-order valence-electron chi connectivity index (χ3n) is 0.424. The number of aromatic nitrogens is 1. The van der Waals surface area contributed by atoms with Crippen LogP contribution >= 0.6 is 0 Å². The molecule has 4 heteroatoms. The van der Waals surface area contributed by atoms with Gasteiger partial charge in [-0.15, -0.1) is 0 Å². The quantitative estimate of drug-likeness (QED) is 0.495. The minimum Gasteiger partial charge on any atom is -0.491 e. The van der Waals surface area contributed by atoms with Crippen molar-refractivity contribution in [3.05, 3.63) is 12.3 Å². The van der Waals surface area contributed by atoms with E-state index in [1.165, 1.54) is 12.3 Å². The van der Waals surface area contributed by atoms with E-state index in [0.717, 1.165) is 0 Å². The molecule has 0 saturated carbocycles. The molecule has 33 valence electrons. The molecule has 3 nitrogen and oxygen atoms in total. The van der Waals surface area contributed by atoms with Crippen LogP contribution in [0.1, 0.15) is 0 Å². The number of aromatic hydroxyl groups is 1. The first-order valence-electron chi connectivity index (χ1n) is 1.49. The molecule has 1 aromatic rings. The Hall–Kier alpha value is 0.646. The van der Waals surface area contributed by atoms with Crippen molar-refractivity contribution in [1.29, 1.82) is 0 Å². The second kappa shape index (κ2) is 3.62. The summed E-state index contributed by atoms with van der Waals surface area (Å²) in [6, 6.07) is 1.36. The van der Waals surface area contributed by atoms with Crippen LogP contribution in [0.5, 0.6) is 5.88 Å². The first kappa shape index (κ1) is 7.65. The fourth-order valence-electron chi connectivity index (χ4n) is 0.206. The van der Waals surface area contributed by atoms with Crippen LogP contribution in [0.4, 0.5) is 0 Å². The van der Waals surface area contributed by atoms with Gasteiger partial charge in [-0.3, -0.25) is 0 Å². The molecular formula is C3H3KNO2. The van der Waals surface area contributed by atoms with E-state index in [9.17, 15) is 0 Å². The molecule has 1 radical (unpaired) electrons. The molecular weight excluding hydrogens is 121 g/mol. The normalized spacial score (nSPS) is 7.43. The Balaban J connectivity index is 0.000000360. The Morgan fingerprint density at radius 1 is 1.71 bits per heavy atom. The molecule has 0 bridgehead atoms. The predicted octanol–water partition coefficient (Wildman–Crippen LogP) is -0.000600. The van der Waals surface area contributed by atoms with Crippen LogP contribution in [0.15, 0.2) is 16.9 Å². The molecule has 0 saturated heterocycles. The van der Waals surface area contributed by atoms with Crippen molar-refractivity contribution < 1.29 is 9.63 Å². The first-order chi connectivity index (χ1) is 2.89. The van der Waals surface area contributed by atoms with Gasteiger partial charge in [-0.2, -0.15) is 0 Å². The molecule has 0 fully saturated rings. The molecule has 0 aliphatic rings. The molecule has 1 aromatic heterocycles. The summed E-state index contributed by atoms with van der Waals surface area (Å²) in [5.41, 5.74) is 0. The van der Waals surface area contributed by atoms with Gasteiger partial charge >= 0.3 is 0 Å². The van der Waals surface area contributed by atoms with Crippen LogP contribution in [-0.4, -0.2) is 61.6 Å². The largest absolute Gasteiger partial charge is 0.491 e. The van der Waals surface area contributed by atoms with E-state index >= 15 is 0 Å². The Bertz CT molecular complexity index is 116. The average molecular weight is 124 g/mol. The summed E-state index contributed by atoms with van der Waals surface area (Å²) in [5, 5.41) is 11.4. The Morgan fingerprint density at radius 2 is 2.43 bits per heavy atom. The predicted molar refractivity (Wildman–Crippen MR) is 23.9 cm³/mol. The van der Waals surface area contributed by atoms with Gasteiger partial charge in [0.15, 0.2) is 0 Å². The monoisotopic (exact) mass is 124 g/mol. The fourth-order valence-corrected chi connectivity index (χ4v) is 0.206. The summed E-state index contributed by atoms with van der Waals surface area (Å²) >= 11 is 0. The number of hydrogen-bond acceptors (Lipinski definition) is 3. The smallest absolute Gasteiger partial charge is 0.251 e. The van der Waals surface area contributed by atoms with Gasteiger partial charge in [0.25, 0.3) is 5.88 Å². The minimum atomic E-state index is -0.0741. The van der Waals surface area contributed by atoms with Crippen molar-refractivity contribution in [3.63, 3.8) is 0 Å². The van der Waals surface area contributed by atoms with E-state index in [1.54, 1.807) is 0 Å². The Labute approximate surface area is 83.1 Å². The third-order valence-corrected chi connectivity index (χ3v) is 0.424. The van der Waals surface area contributed by atoms with Crippen LogP contribution in [0.2, 0.25) is 0 Å². The van der Waals surface area contributed by atoms with E-state index in [2.05, 4.69) is 9.68 Å². The van der Waals surface area contributed by atoms with Gasteiger partial charge in [0, 0.05) is 57.5 Å². The standard InChI is InChI=1S/C3H3NO2.K/c5-3-1-2-6-4-3;/h1-2H,(H,4,5);. The summed E-state index contributed by atoms with van der Waals surface area (Å²) in [6.07, 6.45) is 1.30. The summed E-state index contributed by atoms with van der Waals surface area (Å²) in [7, 11) is 0. The van der Waals surface area contributed by atoms with Crippen molar-refractivity contribution in [3.8, 4) is 5.88 Å². The SMILES string of the molecule is Oc1ccon1.[K]. The molecule has 0 aliphatic carbocycles. The zero-order valence-corrected chi connectivity index (χ0v) is 7.08. The fraction of sp³-hybridized carbons (Fsp3) is 0. The maximum Gasteiger partial charge on any atom is 0.251 e. The number of hydrogen-bond donors (Lipinski definition) is 1. The van der Waals surface area contributed by atoms with Gasteiger partial charge < -0.3 is 9.63 Å². The van der Waals surface area contributed by atoms with Gasteiger partial charge in [-0.1, -0.05) is 0 Å². The molecule has 1 rings (SSSR count). The Morgan fingerprint density at radius 3 is 2.57 bits per heavy atom. The van der Waals surface area contributed by atoms with Gasteiger partial charge in [-0.25, -0.2) is 0 Å². The average Bonchev–Trinajstić information content (AvgIpc) is 1.86. The molecule has 1 N–H and O–H groups in total. The molecule has 0 aliphatic heterocycles. The van der Waals surface area contributed by atoms with Crippen molar-refractivity contribution in [2.45, 2.75) is 0 Å². The van der Waals surface area contributed by atoms with Gasteiger partial charge in [0.1, 0.15) is 6.26 Å². The first-order valence-corrected chi connectivity index (χ1v) is 1.49. The summed E-state index contributed by atoms with van der Waals surface area (Å²) in [4.78, 5) is 0. The third kappa shape index (κ3) is 2.45.